The van der Waals surface area contributed by atoms with Crippen molar-refractivity contribution in [2.75, 3.05) is 19.4 Å². The summed E-state index contributed by atoms with van der Waals surface area (Å²) in [5, 5.41) is 5.35. The Labute approximate surface area is 165 Å². The number of halogens is 1. The maximum atomic E-state index is 12.5. The lowest BCUT2D eigenvalue weighted by Crippen LogP contribution is -2.91. The van der Waals surface area contributed by atoms with Crippen LogP contribution in [0.1, 0.15) is 25.5 Å². The van der Waals surface area contributed by atoms with E-state index in [1.54, 1.807) is 19.1 Å². The lowest BCUT2D eigenvalue weighted by Gasteiger charge is -2.18. The van der Waals surface area contributed by atoms with Crippen molar-refractivity contribution < 1.29 is 18.5 Å². The molecule has 6 nitrogen and oxygen atoms in total. The van der Waals surface area contributed by atoms with Crippen LogP contribution in [0.4, 0.5) is 5.69 Å². The predicted octanol–water partition coefficient (Wildman–Crippen LogP) is 2.24. The van der Waals surface area contributed by atoms with Crippen LogP contribution < -0.4 is 10.6 Å². The van der Waals surface area contributed by atoms with E-state index in [2.05, 4.69) is 5.32 Å². The third-order valence-electron chi connectivity index (χ3n) is 4.27. The van der Waals surface area contributed by atoms with Gasteiger partial charge in [-0.05, 0) is 38.1 Å². The van der Waals surface area contributed by atoms with Crippen LogP contribution in [0.3, 0.4) is 0 Å². The summed E-state index contributed by atoms with van der Waals surface area (Å²) in [5.74, 6) is -0.215. The minimum atomic E-state index is -3.56. The first-order chi connectivity index (χ1) is 12.6. The minimum absolute atomic E-state index is 0.0000897. The van der Waals surface area contributed by atoms with Gasteiger partial charge < -0.3 is 10.6 Å². The van der Waals surface area contributed by atoms with E-state index in [9.17, 15) is 13.2 Å². The van der Waals surface area contributed by atoms with Gasteiger partial charge in [0.2, 0.25) is 10.0 Å². The molecule has 0 fully saturated rings. The van der Waals surface area contributed by atoms with E-state index in [0.29, 0.717) is 10.7 Å². The molecule has 8 heteroatoms. The highest BCUT2D eigenvalue weighted by Gasteiger charge is 2.23. The van der Waals surface area contributed by atoms with Gasteiger partial charge in [0, 0.05) is 30.4 Å². The molecular weight excluding hydrogens is 386 g/mol. The molecule has 0 unspecified atom stereocenters. The molecule has 0 aliphatic rings. The number of amides is 1. The summed E-state index contributed by atoms with van der Waals surface area (Å²) in [7, 11) is -0.624. The van der Waals surface area contributed by atoms with Crippen LogP contribution in [0.2, 0.25) is 5.02 Å². The number of hydrogen-bond acceptors (Lipinski definition) is 3. The SMILES string of the molecule is C[C@H]([NH2+][C@@H](C)c1ccccc1Cl)C(=O)Nc1cccc(S(=O)(=O)N(C)C)c1. The molecule has 0 bridgehead atoms. The van der Waals surface area contributed by atoms with Crippen molar-refractivity contribution in [3.05, 3.63) is 59.1 Å². The van der Waals surface area contributed by atoms with Crippen LogP contribution in [-0.2, 0) is 14.8 Å². The third-order valence-corrected chi connectivity index (χ3v) is 6.42. The fourth-order valence-corrected chi connectivity index (χ4v) is 3.93. The van der Waals surface area contributed by atoms with Gasteiger partial charge in [0.05, 0.1) is 4.90 Å². The number of benzene rings is 2. The van der Waals surface area contributed by atoms with Crippen molar-refractivity contribution in [3.8, 4) is 0 Å². The van der Waals surface area contributed by atoms with E-state index in [1.807, 2.05) is 36.5 Å². The van der Waals surface area contributed by atoms with Gasteiger partial charge in [0.15, 0.2) is 6.04 Å². The van der Waals surface area contributed by atoms with Gasteiger partial charge in [-0.15, -0.1) is 0 Å². The van der Waals surface area contributed by atoms with Gasteiger partial charge in [0.25, 0.3) is 5.91 Å². The molecule has 0 aromatic heterocycles. The van der Waals surface area contributed by atoms with Crippen LogP contribution in [0.5, 0.6) is 0 Å². The maximum Gasteiger partial charge on any atom is 0.282 e. The summed E-state index contributed by atoms with van der Waals surface area (Å²) >= 11 is 6.22. The van der Waals surface area contributed by atoms with E-state index in [4.69, 9.17) is 11.6 Å². The molecule has 0 radical (unpaired) electrons. The topological polar surface area (TPSA) is 83.1 Å². The highest BCUT2D eigenvalue weighted by Crippen LogP contribution is 2.20. The zero-order chi connectivity index (χ0) is 20.2. The molecule has 0 aliphatic heterocycles. The van der Waals surface area contributed by atoms with Crippen molar-refractivity contribution in [3.63, 3.8) is 0 Å². The molecule has 0 saturated carbocycles. The van der Waals surface area contributed by atoms with E-state index in [-0.39, 0.29) is 22.9 Å². The zero-order valence-corrected chi connectivity index (χ0v) is 17.4. The first-order valence-corrected chi connectivity index (χ1v) is 10.4. The number of hydrogen-bond donors (Lipinski definition) is 2. The van der Waals surface area contributed by atoms with Crippen molar-refractivity contribution >= 4 is 33.2 Å². The Hall–Kier alpha value is -1.93. The molecule has 2 rings (SSSR count). The lowest BCUT2D eigenvalue weighted by atomic mass is 10.1. The van der Waals surface area contributed by atoms with Crippen LogP contribution >= 0.6 is 11.6 Å². The number of carbonyl (C=O) groups excluding carboxylic acids is 1. The number of nitrogens with two attached hydrogens (primary N) is 1. The van der Waals surface area contributed by atoms with Crippen LogP contribution in [-0.4, -0.2) is 38.8 Å². The number of quaternary nitrogens is 1. The Morgan fingerprint density at radius 3 is 2.41 bits per heavy atom. The molecule has 2 aromatic rings. The standard InChI is InChI=1S/C19H24ClN3O3S/c1-13(17-10-5-6-11-18(17)20)21-14(2)19(24)22-15-8-7-9-16(12-15)27(25,26)23(3)4/h5-14,21H,1-4H3,(H,22,24)/p+1/t13-,14-/m0/s1. The smallest absolute Gasteiger partial charge is 0.282 e. The molecule has 1 amide bonds. The number of sulfonamides is 1. The van der Waals surface area contributed by atoms with Crippen LogP contribution in [0.15, 0.2) is 53.4 Å². The largest absolute Gasteiger partial charge is 0.330 e. The highest BCUT2D eigenvalue weighted by molar-refractivity contribution is 7.89. The first kappa shape index (κ1) is 21.4. The predicted molar refractivity (Wildman–Crippen MR) is 107 cm³/mol. The van der Waals surface area contributed by atoms with Crippen molar-refractivity contribution in [2.24, 2.45) is 0 Å². The van der Waals surface area contributed by atoms with E-state index >= 15 is 0 Å². The molecular formula is C19H25ClN3O3S+. The first-order valence-electron chi connectivity index (χ1n) is 8.56. The summed E-state index contributed by atoms with van der Waals surface area (Å²) < 4.78 is 25.6. The van der Waals surface area contributed by atoms with Crippen LogP contribution in [0, 0.1) is 0 Å². The normalized spacial score (nSPS) is 14.0. The molecule has 0 saturated heterocycles. The van der Waals surface area contributed by atoms with Gasteiger partial charge in [-0.2, -0.15) is 0 Å². The van der Waals surface area contributed by atoms with Gasteiger partial charge >= 0.3 is 0 Å². The second-order valence-corrected chi connectivity index (χ2v) is 9.15. The van der Waals surface area contributed by atoms with Gasteiger partial charge in [-0.25, -0.2) is 12.7 Å². The van der Waals surface area contributed by atoms with Gasteiger partial charge in [-0.3, -0.25) is 4.79 Å². The second-order valence-electron chi connectivity index (χ2n) is 6.60. The average molecular weight is 411 g/mol. The Morgan fingerprint density at radius 1 is 1.11 bits per heavy atom. The number of rotatable bonds is 7. The number of nitrogens with zero attached hydrogens (tertiary/aromatic N) is 1. The monoisotopic (exact) mass is 410 g/mol. The molecule has 0 spiro atoms. The van der Waals surface area contributed by atoms with Gasteiger partial charge in [0.1, 0.15) is 6.04 Å². The second kappa shape index (κ2) is 8.84. The molecule has 3 N–H and O–H groups in total. The van der Waals surface area contributed by atoms with E-state index in [0.717, 1.165) is 9.87 Å². The van der Waals surface area contributed by atoms with E-state index < -0.39 is 10.0 Å². The molecule has 146 valence electrons. The number of carbonyl (C=O) groups is 1. The summed E-state index contributed by atoms with van der Waals surface area (Å²) in [4.78, 5) is 12.7. The lowest BCUT2D eigenvalue weighted by molar-refractivity contribution is -0.709. The molecule has 0 heterocycles. The Bertz CT molecular complexity index is 916. The molecule has 2 aromatic carbocycles. The Kier molecular flexibility index (Phi) is 7.00. The third kappa shape index (κ3) is 5.29. The molecule has 27 heavy (non-hydrogen) atoms. The zero-order valence-electron chi connectivity index (χ0n) is 15.8. The summed E-state index contributed by atoms with van der Waals surface area (Å²) in [6.07, 6.45) is 0. The fourth-order valence-electron chi connectivity index (χ4n) is 2.67. The molecule has 2 atom stereocenters. The Morgan fingerprint density at radius 2 is 1.78 bits per heavy atom. The van der Waals surface area contributed by atoms with Crippen molar-refractivity contribution in [1.29, 1.82) is 0 Å². The Balaban J connectivity index is 2.08. The average Bonchev–Trinajstić information content (AvgIpc) is 2.62. The maximum absolute atomic E-state index is 12.5. The summed E-state index contributed by atoms with van der Waals surface area (Å²) in [6, 6.07) is 13.4. The summed E-state index contributed by atoms with van der Waals surface area (Å²) in [6.45, 7) is 3.78. The highest BCUT2D eigenvalue weighted by atomic mass is 35.5. The number of anilines is 1. The van der Waals surface area contributed by atoms with E-state index in [1.165, 1.54) is 26.2 Å². The van der Waals surface area contributed by atoms with Gasteiger partial charge in [-0.1, -0.05) is 35.9 Å². The van der Waals surface area contributed by atoms with Crippen molar-refractivity contribution in [2.45, 2.75) is 30.8 Å². The quantitative estimate of drug-likeness (QED) is 0.734. The van der Waals surface area contributed by atoms with Crippen molar-refractivity contribution in [1.82, 2.24) is 4.31 Å². The fraction of sp³-hybridized carbons (Fsp3) is 0.316. The summed E-state index contributed by atoms with van der Waals surface area (Å²) in [5.41, 5.74) is 1.39. The minimum Gasteiger partial charge on any atom is -0.330 e. The molecule has 0 aliphatic carbocycles. The van der Waals surface area contributed by atoms with Crippen LogP contribution in [0.25, 0.3) is 0 Å². The number of nitrogens with one attached hydrogen (secondary N) is 1.